The van der Waals surface area contributed by atoms with Gasteiger partial charge in [0.15, 0.2) is 0 Å². The maximum Gasteiger partial charge on any atom is 0.0107 e. The van der Waals surface area contributed by atoms with Crippen molar-refractivity contribution in [3.05, 3.63) is 48.0 Å². The third-order valence-corrected chi connectivity index (χ3v) is 3.48. The van der Waals surface area contributed by atoms with E-state index in [9.17, 15) is 0 Å². The third-order valence-electron chi connectivity index (χ3n) is 3.48. The standard InChI is InChI=1S/C17H23N/c1-3-8-16(18-4-2)13-15-11-7-10-14-9-5-6-12-17(14)15/h5-7,9-12,16,18H,3-4,8,13H2,1-2H3. The minimum Gasteiger partial charge on any atom is -0.314 e. The third kappa shape index (κ3) is 3.11. The summed E-state index contributed by atoms with van der Waals surface area (Å²) in [6.45, 7) is 5.49. The second-order valence-corrected chi connectivity index (χ2v) is 4.89. The Bertz CT molecular complexity index is 478. The van der Waals surface area contributed by atoms with Crippen LogP contribution in [0.1, 0.15) is 32.3 Å². The molecule has 0 bridgehead atoms. The summed E-state index contributed by atoms with van der Waals surface area (Å²) in [5, 5.41) is 6.35. The van der Waals surface area contributed by atoms with Gasteiger partial charge in [-0.2, -0.15) is 0 Å². The molecule has 0 heterocycles. The zero-order chi connectivity index (χ0) is 12.8. The molecule has 1 heteroatoms. The van der Waals surface area contributed by atoms with Crippen molar-refractivity contribution in [2.75, 3.05) is 6.54 Å². The van der Waals surface area contributed by atoms with E-state index in [1.807, 2.05) is 0 Å². The Balaban J connectivity index is 2.24. The highest BCUT2D eigenvalue weighted by Gasteiger charge is 2.09. The molecule has 0 radical (unpaired) electrons. The lowest BCUT2D eigenvalue weighted by Crippen LogP contribution is -2.30. The Morgan fingerprint density at radius 1 is 1.00 bits per heavy atom. The van der Waals surface area contributed by atoms with Gasteiger partial charge in [0.05, 0.1) is 0 Å². The molecule has 0 saturated heterocycles. The zero-order valence-corrected chi connectivity index (χ0v) is 11.4. The number of nitrogens with one attached hydrogen (secondary N) is 1. The highest BCUT2D eigenvalue weighted by Crippen LogP contribution is 2.20. The SMILES string of the molecule is CCCC(Cc1cccc2ccccc12)NCC. The molecule has 1 nitrogen and oxygen atoms in total. The average molecular weight is 241 g/mol. The van der Waals surface area contributed by atoms with E-state index in [4.69, 9.17) is 0 Å². The topological polar surface area (TPSA) is 12.0 Å². The Morgan fingerprint density at radius 3 is 2.56 bits per heavy atom. The van der Waals surface area contributed by atoms with Crippen molar-refractivity contribution in [2.24, 2.45) is 0 Å². The summed E-state index contributed by atoms with van der Waals surface area (Å²) in [6.07, 6.45) is 3.61. The lowest BCUT2D eigenvalue weighted by atomic mass is 9.97. The van der Waals surface area contributed by atoms with Gasteiger partial charge in [-0.05, 0) is 35.7 Å². The minimum absolute atomic E-state index is 0.603. The van der Waals surface area contributed by atoms with Crippen LogP contribution < -0.4 is 5.32 Å². The molecule has 0 fully saturated rings. The Kier molecular flexibility index (Phi) is 4.77. The predicted molar refractivity (Wildman–Crippen MR) is 80.0 cm³/mol. The molecule has 1 unspecified atom stereocenters. The van der Waals surface area contributed by atoms with Gasteiger partial charge < -0.3 is 5.32 Å². The van der Waals surface area contributed by atoms with Crippen LogP contribution in [0.5, 0.6) is 0 Å². The normalized spacial score (nSPS) is 12.8. The second kappa shape index (κ2) is 6.55. The Hall–Kier alpha value is -1.34. The maximum atomic E-state index is 3.60. The molecule has 18 heavy (non-hydrogen) atoms. The first-order chi connectivity index (χ1) is 8.85. The highest BCUT2D eigenvalue weighted by molar-refractivity contribution is 5.85. The van der Waals surface area contributed by atoms with E-state index in [0.717, 1.165) is 13.0 Å². The van der Waals surface area contributed by atoms with E-state index >= 15 is 0 Å². The maximum absolute atomic E-state index is 3.60. The van der Waals surface area contributed by atoms with Crippen LogP contribution >= 0.6 is 0 Å². The first kappa shape index (κ1) is 13.1. The molecule has 0 aliphatic carbocycles. The van der Waals surface area contributed by atoms with Gasteiger partial charge in [-0.1, -0.05) is 62.7 Å². The van der Waals surface area contributed by atoms with E-state index in [2.05, 4.69) is 61.6 Å². The van der Waals surface area contributed by atoms with Crippen LogP contribution in [0, 0.1) is 0 Å². The highest BCUT2D eigenvalue weighted by atomic mass is 14.9. The minimum atomic E-state index is 0.603. The molecule has 0 aromatic heterocycles. The molecule has 1 atom stereocenters. The summed E-state index contributed by atoms with van der Waals surface area (Å²) >= 11 is 0. The van der Waals surface area contributed by atoms with Crippen LogP contribution in [0.2, 0.25) is 0 Å². The monoisotopic (exact) mass is 241 g/mol. The van der Waals surface area contributed by atoms with E-state index in [-0.39, 0.29) is 0 Å². The van der Waals surface area contributed by atoms with Gasteiger partial charge in [0, 0.05) is 6.04 Å². The van der Waals surface area contributed by atoms with Crippen LogP contribution in [0.4, 0.5) is 0 Å². The quantitative estimate of drug-likeness (QED) is 0.800. The van der Waals surface area contributed by atoms with Crippen LogP contribution in [-0.2, 0) is 6.42 Å². The lowest BCUT2D eigenvalue weighted by molar-refractivity contribution is 0.487. The fraction of sp³-hybridized carbons (Fsp3) is 0.412. The van der Waals surface area contributed by atoms with Gasteiger partial charge in [-0.25, -0.2) is 0 Å². The lowest BCUT2D eigenvalue weighted by Gasteiger charge is -2.18. The second-order valence-electron chi connectivity index (χ2n) is 4.89. The largest absolute Gasteiger partial charge is 0.314 e. The van der Waals surface area contributed by atoms with Crippen molar-refractivity contribution < 1.29 is 0 Å². The molecule has 0 amide bonds. The van der Waals surface area contributed by atoms with Crippen LogP contribution in [0.25, 0.3) is 10.8 Å². The first-order valence-corrected chi connectivity index (χ1v) is 7.05. The predicted octanol–water partition coefficient (Wildman–Crippen LogP) is 4.16. The van der Waals surface area contributed by atoms with Gasteiger partial charge in [0.1, 0.15) is 0 Å². The number of hydrogen-bond acceptors (Lipinski definition) is 1. The first-order valence-electron chi connectivity index (χ1n) is 7.05. The molecule has 96 valence electrons. The van der Waals surface area contributed by atoms with Crippen molar-refractivity contribution in [1.29, 1.82) is 0 Å². The smallest absolute Gasteiger partial charge is 0.0107 e. The van der Waals surface area contributed by atoms with Gasteiger partial charge in [-0.15, -0.1) is 0 Å². The fourth-order valence-electron chi connectivity index (χ4n) is 2.65. The Labute approximate surface area is 110 Å². The molecule has 0 saturated carbocycles. The molecule has 0 aliphatic rings. The molecule has 0 aliphatic heterocycles. The van der Waals surface area contributed by atoms with Gasteiger partial charge in [-0.3, -0.25) is 0 Å². The van der Waals surface area contributed by atoms with E-state index in [1.54, 1.807) is 0 Å². The van der Waals surface area contributed by atoms with Crippen LogP contribution in [-0.4, -0.2) is 12.6 Å². The van der Waals surface area contributed by atoms with E-state index in [1.165, 1.54) is 29.2 Å². The van der Waals surface area contributed by atoms with Crippen LogP contribution in [0.3, 0.4) is 0 Å². The number of likely N-dealkylation sites (N-methyl/N-ethyl adjacent to an activating group) is 1. The molecule has 2 rings (SSSR count). The van der Waals surface area contributed by atoms with Gasteiger partial charge >= 0.3 is 0 Å². The molecular weight excluding hydrogens is 218 g/mol. The zero-order valence-electron chi connectivity index (χ0n) is 11.4. The van der Waals surface area contributed by atoms with E-state index < -0.39 is 0 Å². The number of rotatable bonds is 6. The van der Waals surface area contributed by atoms with Crippen molar-refractivity contribution in [2.45, 2.75) is 39.2 Å². The number of hydrogen-bond donors (Lipinski definition) is 1. The summed E-state index contributed by atoms with van der Waals surface area (Å²) in [6, 6.07) is 15.9. The summed E-state index contributed by atoms with van der Waals surface area (Å²) in [5.41, 5.74) is 1.47. The van der Waals surface area contributed by atoms with Crippen molar-refractivity contribution in [3.63, 3.8) is 0 Å². The van der Waals surface area contributed by atoms with Crippen molar-refractivity contribution in [1.82, 2.24) is 5.32 Å². The van der Waals surface area contributed by atoms with Crippen molar-refractivity contribution >= 4 is 10.8 Å². The van der Waals surface area contributed by atoms with Gasteiger partial charge in [0.2, 0.25) is 0 Å². The summed E-state index contributed by atoms with van der Waals surface area (Å²) in [7, 11) is 0. The van der Waals surface area contributed by atoms with Gasteiger partial charge in [0.25, 0.3) is 0 Å². The fourth-order valence-corrected chi connectivity index (χ4v) is 2.65. The van der Waals surface area contributed by atoms with E-state index in [0.29, 0.717) is 6.04 Å². The number of benzene rings is 2. The molecule has 0 spiro atoms. The van der Waals surface area contributed by atoms with Crippen LogP contribution in [0.15, 0.2) is 42.5 Å². The average Bonchev–Trinajstić information content (AvgIpc) is 2.40. The molecule has 2 aromatic rings. The molecule has 2 aromatic carbocycles. The summed E-state index contributed by atoms with van der Waals surface area (Å²) in [5.74, 6) is 0. The summed E-state index contributed by atoms with van der Waals surface area (Å²) in [4.78, 5) is 0. The molecular formula is C17H23N. The Morgan fingerprint density at radius 2 is 1.78 bits per heavy atom. The molecule has 1 N–H and O–H groups in total. The number of fused-ring (bicyclic) bond motifs is 1. The summed E-state index contributed by atoms with van der Waals surface area (Å²) < 4.78 is 0. The van der Waals surface area contributed by atoms with Crippen molar-refractivity contribution in [3.8, 4) is 0 Å².